The van der Waals surface area contributed by atoms with Crippen molar-refractivity contribution in [2.24, 2.45) is 0 Å². The molecule has 1 fully saturated rings. The Balaban J connectivity index is 1.46. The number of hydrogen-bond acceptors (Lipinski definition) is 7. The van der Waals surface area contributed by atoms with Gasteiger partial charge >= 0.3 is 6.09 Å². The number of hydrogen-bond donors (Lipinski definition) is 1. The van der Waals surface area contributed by atoms with E-state index in [1.165, 1.54) is 0 Å². The Morgan fingerprint density at radius 1 is 0.977 bits per heavy atom. The second-order valence-electron chi connectivity index (χ2n) is 12.0. The zero-order valence-electron chi connectivity index (χ0n) is 25.5. The fourth-order valence-electron chi connectivity index (χ4n) is 4.76. The molecule has 0 bridgehead atoms. The van der Waals surface area contributed by atoms with Gasteiger partial charge in [0.1, 0.15) is 29.3 Å². The van der Waals surface area contributed by atoms with Crippen LogP contribution in [0.4, 0.5) is 4.79 Å². The average molecular weight is 704 g/mol. The summed E-state index contributed by atoms with van der Waals surface area (Å²) in [7, 11) is 0. The van der Waals surface area contributed by atoms with Gasteiger partial charge in [0.25, 0.3) is 0 Å². The molecule has 3 aromatic carbocycles. The monoisotopic (exact) mass is 703 g/mol. The standard InChI is InChI=1S/C34H42INO7/c1-33(2,3)43-32(38)36-28(21-41-34(36,4)5)26-16-17-30(27(35)18-26)42-31(23-40-20-25-14-10-7-11-15-25)29(37)22-39-19-24-12-8-6-9-13-24/h6-18,28-29,31,37H,19-23H2,1-5H3/t28-,29-,31+/m0/s1. The van der Waals surface area contributed by atoms with E-state index in [9.17, 15) is 9.90 Å². The van der Waals surface area contributed by atoms with Gasteiger partial charge in [-0.3, -0.25) is 4.90 Å². The van der Waals surface area contributed by atoms with Crippen LogP contribution in [0.3, 0.4) is 0 Å². The minimum atomic E-state index is -0.929. The van der Waals surface area contributed by atoms with Gasteiger partial charge in [-0.1, -0.05) is 66.7 Å². The first-order valence-electron chi connectivity index (χ1n) is 14.5. The third-order valence-corrected chi connectivity index (χ3v) is 7.76. The summed E-state index contributed by atoms with van der Waals surface area (Å²) in [5.41, 5.74) is 1.51. The molecule has 1 amide bonds. The van der Waals surface area contributed by atoms with Crippen molar-refractivity contribution in [3.8, 4) is 5.75 Å². The van der Waals surface area contributed by atoms with Crippen molar-refractivity contribution in [3.05, 3.63) is 99.1 Å². The van der Waals surface area contributed by atoms with Gasteiger partial charge < -0.3 is 28.8 Å². The van der Waals surface area contributed by atoms with Crippen molar-refractivity contribution in [1.29, 1.82) is 0 Å². The Kier molecular flexibility index (Phi) is 11.5. The lowest BCUT2D eigenvalue weighted by Gasteiger charge is -2.35. The first-order valence-corrected chi connectivity index (χ1v) is 15.5. The Morgan fingerprint density at radius 3 is 2.12 bits per heavy atom. The maximum atomic E-state index is 13.2. The fourth-order valence-corrected chi connectivity index (χ4v) is 5.43. The SMILES string of the molecule is CC(C)(C)OC(=O)N1[C@H](c2ccc(O[C@H](COCc3ccccc3)[C@@H](O)COCc3ccccc3)c(I)c2)COC1(C)C. The second kappa shape index (κ2) is 14.9. The van der Waals surface area contributed by atoms with Gasteiger partial charge in [0, 0.05) is 0 Å². The van der Waals surface area contributed by atoms with E-state index in [4.69, 9.17) is 23.7 Å². The molecule has 1 aliphatic rings. The molecule has 0 aromatic heterocycles. The lowest BCUT2D eigenvalue weighted by molar-refractivity contribution is -0.0655. The van der Waals surface area contributed by atoms with Crippen LogP contribution in [0.1, 0.15) is 57.4 Å². The lowest BCUT2D eigenvalue weighted by atomic mass is 10.1. The fraction of sp³-hybridized carbons (Fsp3) is 0.441. The Morgan fingerprint density at radius 2 is 1.56 bits per heavy atom. The van der Waals surface area contributed by atoms with Crippen LogP contribution in [0, 0.1) is 3.57 Å². The van der Waals surface area contributed by atoms with Crippen molar-refractivity contribution in [2.45, 2.75) is 77.4 Å². The number of benzene rings is 3. The summed E-state index contributed by atoms with van der Waals surface area (Å²) in [6, 6.07) is 25.1. The molecule has 0 saturated carbocycles. The van der Waals surface area contributed by atoms with E-state index in [2.05, 4.69) is 22.6 Å². The van der Waals surface area contributed by atoms with Crippen LogP contribution in [0.5, 0.6) is 5.75 Å². The molecule has 1 saturated heterocycles. The lowest BCUT2D eigenvalue weighted by Crippen LogP contribution is -2.47. The van der Waals surface area contributed by atoms with Crippen LogP contribution in [-0.2, 0) is 32.2 Å². The van der Waals surface area contributed by atoms with Gasteiger partial charge in [0.15, 0.2) is 0 Å². The van der Waals surface area contributed by atoms with Gasteiger partial charge in [-0.05, 0) is 86.0 Å². The summed E-state index contributed by atoms with van der Waals surface area (Å²) in [6.45, 7) is 10.6. The van der Waals surface area contributed by atoms with Gasteiger partial charge in [-0.2, -0.15) is 0 Å². The molecule has 1 N–H and O–H groups in total. The Hall–Kier alpha value is -2.70. The number of nitrogens with zero attached hydrogens (tertiary/aromatic N) is 1. The number of amides is 1. The highest BCUT2D eigenvalue weighted by Gasteiger charge is 2.46. The predicted molar refractivity (Wildman–Crippen MR) is 173 cm³/mol. The molecule has 232 valence electrons. The maximum Gasteiger partial charge on any atom is 0.413 e. The average Bonchev–Trinajstić information content (AvgIpc) is 3.28. The molecule has 0 spiro atoms. The zero-order valence-corrected chi connectivity index (χ0v) is 27.7. The minimum absolute atomic E-state index is 0.0856. The van der Waals surface area contributed by atoms with Crippen LogP contribution >= 0.6 is 22.6 Å². The molecule has 3 atom stereocenters. The van der Waals surface area contributed by atoms with Gasteiger partial charge in [-0.25, -0.2) is 4.79 Å². The molecule has 43 heavy (non-hydrogen) atoms. The number of aliphatic hydroxyl groups excluding tert-OH is 1. The quantitative estimate of drug-likeness (QED) is 0.206. The van der Waals surface area contributed by atoms with E-state index < -0.39 is 29.6 Å². The number of carbonyl (C=O) groups excluding carboxylic acids is 1. The second-order valence-corrected chi connectivity index (χ2v) is 13.2. The predicted octanol–water partition coefficient (Wildman–Crippen LogP) is 6.88. The van der Waals surface area contributed by atoms with Crippen molar-refractivity contribution in [2.75, 3.05) is 19.8 Å². The molecule has 0 aliphatic carbocycles. The van der Waals surface area contributed by atoms with Gasteiger partial charge in [0.05, 0.1) is 42.6 Å². The summed E-state index contributed by atoms with van der Waals surface area (Å²) in [4.78, 5) is 14.8. The largest absolute Gasteiger partial charge is 0.484 e. The highest BCUT2D eigenvalue weighted by molar-refractivity contribution is 14.1. The van der Waals surface area contributed by atoms with Gasteiger partial charge in [-0.15, -0.1) is 0 Å². The first-order chi connectivity index (χ1) is 20.4. The van der Waals surface area contributed by atoms with Crippen LogP contribution < -0.4 is 4.74 Å². The molecule has 1 aliphatic heterocycles. The Labute approximate surface area is 268 Å². The summed E-state index contributed by atoms with van der Waals surface area (Å²) < 4.78 is 30.7. The maximum absolute atomic E-state index is 13.2. The molecular weight excluding hydrogens is 661 g/mol. The zero-order chi connectivity index (χ0) is 31.0. The number of rotatable bonds is 12. The van der Waals surface area contributed by atoms with Crippen molar-refractivity contribution >= 4 is 28.7 Å². The molecular formula is C34H42INO7. The normalized spacial score (nSPS) is 17.8. The molecule has 9 heteroatoms. The van der Waals surface area contributed by atoms with E-state index in [1.54, 1.807) is 4.90 Å². The summed E-state index contributed by atoms with van der Waals surface area (Å²) >= 11 is 2.21. The first kappa shape index (κ1) is 33.2. The van der Waals surface area contributed by atoms with E-state index >= 15 is 0 Å². The van der Waals surface area contributed by atoms with Crippen LogP contribution in [0.25, 0.3) is 0 Å². The van der Waals surface area contributed by atoms with Crippen LogP contribution in [0.15, 0.2) is 78.9 Å². The van der Waals surface area contributed by atoms with Gasteiger partial charge in [0.2, 0.25) is 0 Å². The Bertz CT molecular complexity index is 1310. The minimum Gasteiger partial charge on any atom is -0.484 e. The molecule has 0 radical (unpaired) electrons. The number of aliphatic hydroxyl groups is 1. The summed E-state index contributed by atoms with van der Waals surface area (Å²) in [5, 5.41) is 11.1. The van der Waals surface area contributed by atoms with Crippen molar-refractivity contribution in [3.63, 3.8) is 0 Å². The molecule has 0 unspecified atom stereocenters. The van der Waals surface area contributed by atoms with E-state index in [-0.39, 0.29) is 19.3 Å². The van der Waals surface area contributed by atoms with E-state index in [0.717, 1.165) is 20.3 Å². The molecule has 4 rings (SSSR count). The van der Waals surface area contributed by atoms with E-state index in [1.807, 2.05) is 113 Å². The molecule has 8 nitrogen and oxygen atoms in total. The van der Waals surface area contributed by atoms with Crippen molar-refractivity contribution < 1.29 is 33.6 Å². The molecule has 3 aromatic rings. The summed E-state index contributed by atoms with van der Waals surface area (Å²) in [6.07, 6.45) is -2.03. The van der Waals surface area contributed by atoms with Crippen molar-refractivity contribution in [1.82, 2.24) is 4.90 Å². The summed E-state index contributed by atoms with van der Waals surface area (Å²) in [5.74, 6) is 0.599. The highest BCUT2D eigenvalue weighted by atomic mass is 127. The van der Waals surface area contributed by atoms with Crippen LogP contribution in [0.2, 0.25) is 0 Å². The number of carbonyl (C=O) groups is 1. The third kappa shape index (κ3) is 9.64. The third-order valence-electron chi connectivity index (χ3n) is 6.92. The highest BCUT2D eigenvalue weighted by Crippen LogP contribution is 2.39. The molecule has 1 heterocycles. The van der Waals surface area contributed by atoms with E-state index in [0.29, 0.717) is 25.6 Å². The number of halogens is 1. The topological polar surface area (TPSA) is 86.7 Å². The number of ether oxygens (including phenoxy) is 5. The van der Waals surface area contributed by atoms with Crippen LogP contribution in [-0.4, -0.2) is 59.5 Å². The smallest absolute Gasteiger partial charge is 0.413 e.